The third-order valence-electron chi connectivity index (χ3n) is 3.55. The lowest BCUT2D eigenvalue weighted by atomic mass is 10.1. The number of sulfonamides is 1. The van der Waals surface area contributed by atoms with Gasteiger partial charge in [-0.2, -0.15) is 0 Å². The zero-order valence-corrected chi connectivity index (χ0v) is 13.9. The molecule has 0 spiro atoms. The van der Waals surface area contributed by atoms with E-state index >= 15 is 0 Å². The van der Waals surface area contributed by atoms with Crippen LogP contribution in [0.1, 0.15) is 23.7 Å². The Morgan fingerprint density at radius 1 is 1.04 bits per heavy atom. The summed E-state index contributed by atoms with van der Waals surface area (Å²) in [5, 5.41) is 0. The van der Waals surface area contributed by atoms with E-state index in [1.54, 1.807) is 24.3 Å². The first kappa shape index (κ1) is 16.3. The van der Waals surface area contributed by atoms with Crippen LogP contribution in [0.3, 0.4) is 0 Å². The van der Waals surface area contributed by atoms with E-state index in [9.17, 15) is 13.2 Å². The number of carbonyl (C=O) groups excluding carboxylic acids is 1. The Morgan fingerprint density at radius 3 is 2.54 bits per heavy atom. The molecule has 0 atom stereocenters. The Bertz CT molecular complexity index is 876. The summed E-state index contributed by atoms with van der Waals surface area (Å²) in [6.45, 7) is 2.44. The first-order valence-corrected chi connectivity index (χ1v) is 8.97. The first-order valence-electron chi connectivity index (χ1n) is 7.49. The van der Waals surface area contributed by atoms with Crippen LogP contribution in [-0.2, 0) is 10.0 Å². The van der Waals surface area contributed by atoms with E-state index in [4.69, 9.17) is 9.47 Å². The lowest BCUT2D eigenvalue weighted by Gasteiger charge is -2.12. The number of nitrogens with one attached hydrogen (secondary N) is 1. The zero-order valence-electron chi connectivity index (χ0n) is 13.1. The maximum atomic E-state index is 12.6. The van der Waals surface area contributed by atoms with Gasteiger partial charge < -0.3 is 9.47 Å². The average Bonchev–Trinajstić information content (AvgIpc) is 2.79. The van der Waals surface area contributed by atoms with Gasteiger partial charge in [0.2, 0.25) is 0 Å². The van der Waals surface area contributed by atoms with Crippen LogP contribution >= 0.6 is 0 Å². The molecule has 0 fully saturated rings. The largest absolute Gasteiger partial charge is 0.490 e. The molecule has 1 aliphatic heterocycles. The van der Waals surface area contributed by atoms with E-state index in [1.807, 2.05) is 0 Å². The van der Waals surface area contributed by atoms with Gasteiger partial charge in [-0.3, -0.25) is 9.52 Å². The summed E-state index contributed by atoms with van der Waals surface area (Å²) in [5.74, 6) is 0.810. The van der Waals surface area contributed by atoms with Gasteiger partial charge in [-0.25, -0.2) is 8.42 Å². The predicted molar refractivity (Wildman–Crippen MR) is 89.3 cm³/mol. The van der Waals surface area contributed by atoms with E-state index in [-0.39, 0.29) is 10.7 Å². The molecule has 3 rings (SSSR count). The standard InChI is InChI=1S/C17H17NO5S/c1-12(19)13-4-2-5-14(10-13)18-24(20,21)15-6-7-16-17(11-15)23-9-3-8-22-16/h2,4-7,10-11,18H,3,8-9H2,1H3. The maximum absolute atomic E-state index is 12.6. The smallest absolute Gasteiger partial charge is 0.262 e. The van der Waals surface area contributed by atoms with Crippen LogP contribution in [0.15, 0.2) is 47.4 Å². The van der Waals surface area contributed by atoms with Gasteiger partial charge in [0, 0.05) is 23.7 Å². The lowest BCUT2D eigenvalue weighted by Crippen LogP contribution is -2.13. The summed E-state index contributed by atoms with van der Waals surface area (Å²) >= 11 is 0. The van der Waals surface area contributed by atoms with E-state index in [1.165, 1.54) is 25.1 Å². The number of rotatable bonds is 4. The molecule has 7 heteroatoms. The van der Waals surface area contributed by atoms with Crippen molar-refractivity contribution >= 4 is 21.5 Å². The van der Waals surface area contributed by atoms with Crippen molar-refractivity contribution < 1.29 is 22.7 Å². The summed E-state index contributed by atoms with van der Waals surface area (Å²) in [5.41, 5.74) is 0.767. The monoisotopic (exact) mass is 347 g/mol. The average molecular weight is 347 g/mol. The molecule has 2 aromatic carbocycles. The predicted octanol–water partition coefficient (Wildman–Crippen LogP) is 2.85. The van der Waals surface area contributed by atoms with Crippen LogP contribution in [0.5, 0.6) is 11.5 Å². The lowest BCUT2D eigenvalue weighted by molar-refractivity contribution is 0.101. The van der Waals surface area contributed by atoms with Crippen LogP contribution in [0, 0.1) is 0 Å². The Kier molecular flexibility index (Phi) is 4.44. The van der Waals surface area contributed by atoms with Crippen LogP contribution in [-0.4, -0.2) is 27.4 Å². The number of hydrogen-bond acceptors (Lipinski definition) is 5. The minimum absolute atomic E-state index is 0.0694. The van der Waals surface area contributed by atoms with Crippen molar-refractivity contribution in [3.63, 3.8) is 0 Å². The third kappa shape index (κ3) is 3.51. The van der Waals surface area contributed by atoms with Crippen molar-refractivity contribution in [1.29, 1.82) is 0 Å². The number of Topliss-reactive ketones (excluding diaryl/α,β-unsaturated/α-hetero) is 1. The number of benzene rings is 2. The highest BCUT2D eigenvalue weighted by atomic mass is 32.2. The van der Waals surface area contributed by atoms with E-state index in [2.05, 4.69) is 4.72 Å². The van der Waals surface area contributed by atoms with Crippen molar-refractivity contribution in [2.45, 2.75) is 18.2 Å². The first-order chi connectivity index (χ1) is 11.5. The fraction of sp³-hybridized carbons (Fsp3) is 0.235. The second-order valence-electron chi connectivity index (χ2n) is 5.40. The molecule has 0 amide bonds. The fourth-order valence-electron chi connectivity index (χ4n) is 2.33. The number of carbonyl (C=O) groups is 1. The van der Waals surface area contributed by atoms with Crippen LogP contribution in [0.25, 0.3) is 0 Å². The highest BCUT2D eigenvalue weighted by molar-refractivity contribution is 7.92. The Hall–Kier alpha value is -2.54. The maximum Gasteiger partial charge on any atom is 0.262 e. The van der Waals surface area contributed by atoms with Gasteiger partial charge in [0.05, 0.1) is 18.1 Å². The molecule has 0 saturated heterocycles. The second kappa shape index (κ2) is 6.52. The number of anilines is 1. The molecule has 126 valence electrons. The molecule has 0 radical (unpaired) electrons. The summed E-state index contributed by atoms with van der Waals surface area (Å²) < 4.78 is 38.6. The molecule has 1 heterocycles. The zero-order chi connectivity index (χ0) is 17.2. The van der Waals surface area contributed by atoms with Gasteiger partial charge in [-0.1, -0.05) is 12.1 Å². The minimum atomic E-state index is -3.80. The van der Waals surface area contributed by atoms with E-state index in [0.717, 1.165) is 6.42 Å². The minimum Gasteiger partial charge on any atom is -0.490 e. The quantitative estimate of drug-likeness (QED) is 0.860. The van der Waals surface area contributed by atoms with Crippen molar-refractivity contribution in [1.82, 2.24) is 0 Å². The third-order valence-corrected chi connectivity index (χ3v) is 4.93. The molecule has 0 aliphatic carbocycles. The highest BCUT2D eigenvalue weighted by Gasteiger charge is 2.19. The van der Waals surface area contributed by atoms with Crippen molar-refractivity contribution in [3.05, 3.63) is 48.0 Å². The summed E-state index contributed by atoms with van der Waals surface area (Å²) in [6, 6.07) is 10.8. The SMILES string of the molecule is CC(=O)c1cccc(NS(=O)(=O)c2ccc3c(c2)OCCCO3)c1. The summed E-state index contributed by atoms with van der Waals surface area (Å²) in [6.07, 6.45) is 0.743. The molecule has 0 bridgehead atoms. The van der Waals surface area contributed by atoms with Gasteiger partial charge in [-0.05, 0) is 31.2 Å². The van der Waals surface area contributed by atoms with Crippen LogP contribution in [0.2, 0.25) is 0 Å². The van der Waals surface area contributed by atoms with Gasteiger partial charge in [0.25, 0.3) is 10.0 Å². The van der Waals surface area contributed by atoms with Gasteiger partial charge in [0.1, 0.15) is 0 Å². The number of fused-ring (bicyclic) bond motifs is 1. The normalized spacial score (nSPS) is 13.9. The molecule has 1 aliphatic rings. The Morgan fingerprint density at radius 2 is 1.79 bits per heavy atom. The molecule has 6 nitrogen and oxygen atoms in total. The molecule has 0 unspecified atom stereocenters. The summed E-state index contributed by atoms with van der Waals surface area (Å²) in [7, 11) is -3.80. The van der Waals surface area contributed by atoms with E-state index < -0.39 is 10.0 Å². The fourth-order valence-corrected chi connectivity index (χ4v) is 3.39. The number of hydrogen-bond donors (Lipinski definition) is 1. The molecule has 2 aromatic rings. The van der Waals surface area contributed by atoms with Crippen molar-refractivity contribution in [3.8, 4) is 11.5 Å². The molecule has 0 aromatic heterocycles. The van der Waals surface area contributed by atoms with Crippen LogP contribution in [0.4, 0.5) is 5.69 Å². The van der Waals surface area contributed by atoms with Crippen molar-refractivity contribution in [2.24, 2.45) is 0 Å². The molecule has 1 N–H and O–H groups in total. The topological polar surface area (TPSA) is 81.7 Å². The van der Waals surface area contributed by atoms with E-state index in [0.29, 0.717) is 36.0 Å². The molecule has 24 heavy (non-hydrogen) atoms. The highest BCUT2D eigenvalue weighted by Crippen LogP contribution is 2.32. The Labute approximate surface area is 140 Å². The molecule has 0 saturated carbocycles. The summed E-state index contributed by atoms with van der Waals surface area (Å²) in [4.78, 5) is 11.5. The second-order valence-corrected chi connectivity index (χ2v) is 7.08. The van der Waals surface area contributed by atoms with Crippen molar-refractivity contribution in [2.75, 3.05) is 17.9 Å². The van der Waals surface area contributed by atoms with Crippen LogP contribution < -0.4 is 14.2 Å². The number of ketones is 1. The molecular formula is C17H17NO5S. The van der Waals surface area contributed by atoms with Gasteiger partial charge >= 0.3 is 0 Å². The van der Waals surface area contributed by atoms with Gasteiger partial charge in [0.15, 0.2) is 17.3 Å². The number of ether oxygens (including phenoxy) is 2. The Balaban J connectivity index is 1.89. The van der Waals surface area contributed by atoms with Gasteiger partial charge in [-0.15, -0.1) is 0 Å². The molecular weight excluding hydrogens is 330 g/mol.